The molecular formula is C30H35ClN2O6S. The highest BCUT2D eigenvalue weighted by molar-refractivity contribution is 7.18. The van der Waals surface area contributed by atoms with Crippen LogP contribution in [0.3, 0.4) is 0 Å². The van der Waals surface area contributed by atoms with Gasteiger partial charge in [0.2, 0.25) is 11.7 Å². The van der Waals surface area contributed by atoms with Crippen LogP contribution in [0.15, 0.2) is 54.5 Å². The van der Waals surface area contributed by atoms with Gasteiger partial charge in [-0.1, -0.05) is 41.9 Å². The van der Waals surface area contributed by atoms with Gasteiger partial charge in [-0.2, -0.15) is 0 Å². The van der Waals surface area contributed by atoms with E-state index in [1.165, 1.54) is 11.3 Å². The smallest absolute Gasteiger partial charge is 0.374 e. The molecule has 10 heteroatoms. The molecule has 3 aliphatic rings. The summed E-state index contributed by atoms with van der Waals surface area (Å²) in [5, 5.41) is 9.56. The molecule has 0 bridgehead atoms. The van der Waals surface area contributed by atoms with Crippen LogP contribution in [0.4, 0.5) is 0 Å². The number of carbonyl (C=O) groups is 3. The second kappa shape index (κ2) is 11.9. The van der Waals surface area contributed by atoms with Crippen LogP contribution < -0.4 is 5.73 Å². The number of nitrogens with two attached hydrogens (primary N) is 1. The van der Waals surface area contributed by atoms with Crippen LogP contribution in [0.25, 0.3) is 0 Å². The lowest BCUT2D eigenvalue weighted by Crippen LogP contribution is -2.59. The Morgan fingerprint density at radius 2 is 1.75 bits per heavy atom. The third-order valence-corrected chi connectivity index (χ3v) is 10.2. The third kappa shape index (κ3) is 5.78. The zero-order valence-corrected chi connectivity index (χ0v) is 23.9. The van der Waals surface area contributed by atoms with Crippen molar-refractivity contribution in [2.45, 2.75) is 57.2 Å². The molecule has 1 atom stereocenters. The van der Waals surface area contributed by atoms with Crippen LogP contribution in [0, 0.1) is 17.3 Å². The molecule has 2 aromatic rings. The SMILES string of the molecule is NC(=O)C1(C2(Cc3ccccc3)OC=C(C(=O)O)O2)CCC(CCN2CCC(C(=O)c3ccc(Cl)s3)CC2)CC1. The van der Waals surface area contributed by atoms with Gasteiger partial charge in [0.25, 0.3) is 5.79 Å². The average Bonchev–Trinajstić information content (AvgIpc) is 3.60. The molecule has 1 aliphatic carbocycles. The molecule has 40 heavy (non-hydrogen) atoms. The highest BCUT2D eigenvalue weighted by Crippen LogP contribution is 2.53. The van der Waals surface area contributed by atoms with Crippen molar-refractivity contribution < 1.29 is 29.0 Å². The molecule has 5 rings (SSSR count). The van der Waals surface area contributed by atoms with Crippen molar-refractivity contribution in [1.82, 2.24) is 4.90 Å². The number of nitrogens with zero attached hydrogens (tertiary/aromatic N) is 1. The Morgan fingerprint density at radius 1 is 1.05 bits per heavy atom. The molecule has 2 aliphatic heterocycles. The van der Waals surface area contributed by atoms with Crippen molar-refractivity contribution in [1.29, 1.82) is 0 Å². The standard InChI is InChI=1S/C30H35ClN2O6S/c31-25-7-6-24(40-25)26(34)22-11-16-33(17-12-22)15-10-20-8-13-29(14-9-20,28(32)37)30(18-21-4-2-1-3-5-21)38-19-23(39-30)27(35)36/h1-7,19-20,22H,8-18H2,(H2,32,37)(H,35,36). The predicted molar refractivity (Wildman–Crippen MR) is 152 cm³/mol. The summed E-state index contributed by atoms with van der Waals surface area (Å²) < 4.78 is 12.6. The second-order valence-corrected chi connectivity index (χ2v) is 12.9. The second-order valence-electron chi connectivity index (χ2n) is 11.2. The third-order valence-electron chi connectivity index (χ3n) is 8.91. The number of aliphatic carboxylic acids is 1. The molecule has 1 saturated heterocycles. The molecule has 8 nitrogen and oxygen atoms in total. The van der Waals surface area contributed by atoms with Gasteiger partial charge in [0.15, 0.2) is 5.78 Å². The van der Waals surface area contributed by atoms with Crippen LogP contribution in [-0.4, -0.2) is 53.1 Å². The van der Waals surface area contributed by atoms with E-state index in [1.54, 1.807) is 6.07 Å². The normalized spacial score (nSPS) is 27.4. The summed E-state index contributed by atoms with van der Waals surface area (Å²) in [4.78, 5) is 40.7. The lowest BCUT2D eigenvalue weighted by Gasteiger charge is -2.48. The average molecular weight is 587 g/mol. The van der Waals surface area contributed by atoms with E-state index < -0.39 is 23.1 Å². The largest absolute Gasteiger partial charge is 0.475 e. The van der Waals surface area contributed by atoms with Gasteiger partial charge >= 0.3 is 5.97 Å². The minimum absolute atomic E-state index is 0.0494. The molecule has 1 amide bonds. The molecule has 3 N–H and O–H groups in total. The number of hydrogen-bond acceptors (Lipinski definition) is 7. The number of carboxylic acid groups (broad SMARTS) is 1. The Kier molecular flexibility index (Phi) is 8.54. The topological polar surface area (TPSA) is 119 Å². The number of primary amides is 1. The van der Waals surface area contributed by atoms with E-state index in [-0.39, 0.29) is 23.9 Å². The molecule has 2 fully saturated rings. The zero-order chi connectivity index (χ0) is 28.3. The number of Topliss-reactive ketones (excluding diaryl/α,β-unsaturated/α-hetero) is 1. The fourth-order valence-electron chi connectivity index (χ4n) is 6.50. The van der Waals surface area contributed by atoms with E-state index in [1.807, 2.05) is 36.4 Å². The van der Waals surface area contributed by atoms with E-state index in [4.69, 9.17) is 26.8 Å². The monoisotopic (exact) mass is 586 g/mol. The Balaban J connectivity index is 1.18. The van der Waals surface area contributed by atoms with Crippen LogP contribution in [0.5, 0.6) is 0 Å². The van der Waals surface area contributed by atoms with E-state index in [0.29, 0.717) is 23.1 Å². The summed E-state index contributed by atoms with van der Waals surface area (Å²) in [7, 11) is 0. The van der Waals surface area contributed by atoms with Gasteiger partial charge in [-0.15, -0.1) is 11.3 Å². The van der Waals surface area contributed by atoms with Gasteiger partial charge in [-0.3, -0.25) is 9.59 Å². The highest BCUT2D eigenvalue weighted by Gasteiger charge is 2.63. The molecule has 1 aromatic heterocycles. The number of likely N-dealkylation sites (tertiary alicyclic amines) is 1. The number of piperidine rings is 1. The van der Waals surface area contributed by atoms with Crippen LogP contribution >= 0.6 is 22.9 Å². The van der Waals surface area contributed by atoms with Crippen LogP contribution in [0.2, 0.25) is 4.34 Å². The van der Waals surface area contributed by atoms with E-state index >= 15 is 0 Å². The first-order valence-corrected chi connectivity index (χ1v) is 15.1. The number of carbonyl (C=O) groups excluding carboxylic acids is 2. The fourth-order valence-corrected chi connectivity index (χ4v) is 7.56. The Bertz CT molecular complexity index is 1260. The number of amides is 1. The minimum Gasteiger partial charge on any atom is -0.475 e. The number of halogens is 1. The van der Waals surface area contributed by atoms with Crippen molar-refractivity contribution in [2.24, 2.45) is 23.0 Å². The van der Waals surface area contributed by atoms with Crippen molar-refractivity contribution >= 4 is 40.6 Å². The van der Waals surface area contributed by atoms with Crippen LogP contribution in [0.1, 0.15) is 60.2 Å². The van der Waals surface area contributed by atoms with E-state index in [2.05, 4.69) is 4.90 Å². The fraction of sp³-hybridized carbons (Fsp3) is 0.500. The number of carboxylic acids is 1. The molecule has 0 spiro atoms. The van der Waals surface area contributed by atoms with Gasteiger partial charge in [-0.25, -0.2) is 4.79 Å². The molecule has 3 heterocycles. The van der Waals surface area contributed by atoms with Gasteiger partial charge < -0.3 is 25.2 Å². The lowest BCUT2D eigenvalue weighted by atomic mass is 9.63. The zero-order valence-electron chi connectivity index (χ0n) is 22.4. The number of ether oxygens (including phenoxy) is 2. The van der Waals surface area contributed by atoms with Crippen LogP contribution in [-0.2, 0) is 25.5 Å². The van der Waals surface area contributed by atoms with Gasteiger partial charge in [0, 0.05) is 5.92 Å². The highest BCUT2D eigenvalue weighted by atomic mass is 35.5. The van der Waals surface area contributed by atoms with Gasteiger partial charge in [0.05, 0.1) is 15.6 Å². The summed E-state index contributed by atoms with van der Waals surface area (Å²) in [5.41, 5.74) is 5.76. The predicted octanol–water partition coefficient (Wildman–Crippen LogP) is 5.26. The Hall–Kier alpha value is -2.88. The van der Waals surface area contributed by atoms with Crippen molar-refractivity contribution in [3.63, 3.8) is 0 Å². The van der Waals surface area contributed by atoms with Crippen molar-refractivity contribution in [3.05, 3.63) is 69.3 Å². The number of hydrogen-bond donors (Lipinski definition) is 2. The van der Waals surface area contributed by atoms with Gasteiger partial charge in [-0.05, 0) is 88.2 Å². The first kappa shape index (κ1) is 28.6. The maximum Gasteiger partial charge on any atom is 0.374 e. The summed E-state index contributed by atoms with van der Waals surface area (Å²) in [6, 6.07) is 13.1. The first-order valence-electron chi connectivity index (χ1n) is 13.9. The Morgan fingerprint density at radius 3 is 2.33 bits per heavy atom. The molecule has 214 valence electrons. The van der Waals surface area contributed by atoms with E-state index in [0.717, 1.165) is 68.4 Å². The van der Waals surface area contributed by atoms with Crippen molar-refractivity contribution in [2.75, 3.05) is 19.6 Å². The summed E-state index contributed by atoms with van der Waals surface area (Å²) >= 11 is 7.36. The van der Waals surface area contributed by atoms with Crippen molar-refractivity contribution in [3.8, 4) is 0 Å². The molecule has 1 aromatic carbocycles. The maximum absolute atomic E-state index is 13.1. The number of ketones is 1. The summed E-state index contributed by atoms with van der Waals surface area (Å²) in [6.07, 6.45) is 6.44. The minimum atomic E-state index is -1.50. The quantitative estimate of drug-likeness (QED) is 0.364. The molecule has 1 saturated carbocycles. The molecule has 1 unspecified atom stereocenters. The summed E-state index contributed by atoms with van der Waals surface area (Å²) in [6.45, 7) is 2.71. The first-order chi connectivity index (χ1) is 19.2. The number of rotatable bonds is 10. The Labute approximate surface area is 243 Å². The number of thiophene rings is 1. The lowest BCUT2D eigenvalue weighted by molar-refractivity contribution is -0.237. The van der Waals surface area contributed by atoms with E-state index in [9.17, 15) is 19.5 Å². The molecular weight excluding hydrogens is 552 g/mol. The summed E-state index contributed by atoms with van der Waals surface area (Å²) in [5.74, 6) is -2.93. The maximum atomic E-state index is 13.1. The molecule has 0 radical (unpaired) electrons. The number of benzene rings is 1. The van der Waals surface area contributed by atoms with Gasteiger partial charge in [0.1, 0.15) is 11.7 Å².